The highest BCUT2D eigenvalue weighted by atomic mass is 79.9. The van der Waals surface area contributed by atoms with Gasteiger partial charge in [0.05, 0.1) is 19.9 Å². The minimum Gasteiger partial charge on any atom is -0.469 e. The lowest BCUT2D eigenvalue weighted by Crippen LogP contribution is -2.11. The van der Waals surface area contributed by atoms with Gasteiger partial charge < -0.3 is 14.2 Å². The first-order valence-corrected chi connectivity index (χ1v) is 9.19. The van der Waals surface area contributed by atoms with E-state index in [2.05, 4.69) is 46.7 Å². The van der Waals surface area contributed by atoms with Gasteiger partial charge in [-0.25, -0.2) is 4.79 Å². The first-order valence-electron chi connectivity index (χ1n) is 7.60. The summed E-state index contributed by atoms with van der Waals surface area (Å²) in [5.41, 5.74) is 1.56. The van der Waals surface area contributed by atoms with E-state index in [4.69, 9.17) is 4.74 Å². The SMILES string of the molecule is COC(=O)CCc1ccc(Oc2cc(Br)c(NC(=O)OC)c(Br)c2)cc1. The third-order valence-electron chi connectivity index (χ3n) is 3.43. The van der Waals surface area contributed by atoms with E-state index in [1.54, 1.807) is 12.1 Å². The Morgan fingerprint density at radius 1 is 0.962 bits per heavy atom. The molecule has 0 radical (unpaired) electrons. The molecule has 0 saturated carbocycles. The number of aryl methyl sites for hydroxylation is 1. The number of anilines is 1. The molecule has 138 valence electrons. The first-order chi connectivity index (χ1) is 12.4. The van der Waals surface area contributed by atoms with Crippen molar-refractivity contribution in [1.82, 2.24) is 0 Å². The maximum absolute atomic E-state index is 11.4. The summed E-state index contributed by atoms with van der Waals surface area (Å²) in [4.78, 5) is 22.6. The molecular weight excluding hydrogens is 470 g/mol. The molecule has 1 N–H and O–H groups in total. The summed E-state index contributed by atoms with van der Waals surface area (Å²) in [5.74, 6) is 1.00. The Kier molecular flexibility index (Phi) is 7.47. The van der Waals surface area contributed by atoms with E-state index in [-0.39, 0.29) is 5.97 Å². The number of carbonyl (C=O) groups excluding carboxylic acids is 2. The summed E-state index contributed by atoms with van der Waals surface area (Å²) in [5, 5.41) is 2.61. The van der Waals surface area contributed by atoms with Crippen molar-refractivity contribution < 1.29 is 23.8 Å². The van der Waals surface area contributed by atoms with Gasteiger partial charge in [-0.15, -0.1) is 0 Å². The van der Waals surface area contributed by atoms with Crippen LogP contribution in [0.2, 0.25) is 0 Å². The largest absolute Gasteiger partial charge is 0.469 e. The fourth-order valence-electron chi connectivity index (χ4n) is 2.09. The molecule has 0 aliphatic heterocycles. The van der Waals surface area contributed by atoms with Crippen LogP contribution in [0.1, 0.15) is 12.0 Å². The monoisotopic (exact) mass is 485 g/mol. The zero-order chi connectivity index (χ0) is 19.1. The van der Waals surface area contributed by atoms with Crippen molar-refractivity contribution in [3.63, 3.8) is 0 Å². The third-order valence-corrected chi connectivity index (χ3v) is 4.68. The van der Waals surface area contributed by atoms with Crippen LogP contribution < -0.4 is 10.1 Å². The maximum atomic E-state index is 11.4. The molecule has 0 aliphatic rings. The van der Waals surface area contributed by atoms with Gasteiger partial charge in [0.2, 0.25) is 0 Å². The standard InChI is InChI=1S/C18H17Br2NO5/c1-24-16(22)8-5-11-3-6-12(7-4-11)26-13-9-14(19)17(15(20)10-13)21-18(23)25-2/h3-4,6-7,9-10H,5,8H2,1-2H3,(H,21,23). The fourth-order valence-corrected chi connectivity index (χ4v) is 3.43. The number of methoxy groups -OCH3 is 2. The number of hydrogen-bond donors (Lipinski definition) is 1. The number of halogens is 2. The average molecular weight is 487 g/mol. The van der Waals surface area contributed by atoms with Crippen LogP contribution >= 0.6 is 31.9 Å². The zero-order valence-corrected chi connectivity index (χ0v) is 17.3. The molecule has 0 saturated heterocycles. The lowest BCUT2D eigenvalue weighted by Gasteiger charge is -2.12. The van der Waals surface area contributed by atoms with Gasteiger partial charge in [0.1, 0.15) is 11.5 Å². The molecular formula is C18H17Br2NO5. The maximum Gasteiger partial charge on any atom is 0.411 e. The second-order valence-electron chi connectivity index (χ2n) is 5.20. The predicted molar refractivity (Wildman–Crippen MR) is 105 cm³/mol. The summed E-state index contributed by atoms with van der Waals surface area (Å²) in [6.45, 7) is 0. The number of ether oxygens (including phenoxy) is 3. The predicted octanol–water partition coefficient (Wildman–Crippen LogP) is 5.29. The smallest absolute Gasteiger partial charge is 0.411 e. The topological polar surface area (TPSA) is 73.9 Å². The summed E-state index contributed by atoms with van der Waals surface area (Å²) >= 11 is 6.79. The Labute approximate surface area is 168 Å². The summed E-state index contributed by atoms with van der Waals surface area (Å²) in [6.07, 6.45) is 0.381. The number of esters is 1. The minimum atomic E-state index is -0.567. The Morgan fingerprint density at radius 3 is 2.12 bits per heavy atom. The van der Waals surface area contributed by atoms with Gasteiger partial charge in [-0.05, 0) is 68.1 Å². The molecule has 0 spiro atoms. The van der Waals surface area contributed by atoms with Crippen LogP contribution in [0.15, 0.2) is 45.3 Å². The number of rotatable bonds is 6. The van der Waals surface area contributed by atoms with Crippen molar-refractivity contribution in [2.24, 2.45) is 0 Å². The summed E-state index contributed by atoms with van der Waals surface area (Å²) in [7, 11) is 2.67. The molecule has 2 rings (SSSR count). The summed E-state index contributed by atoms with van der Waals surface area (Å²) < 4.78 is 16.3. The van der Waals surface area contributed by atoms with Gasteiger partial charge in [0, 0.05) is 15.4 Å². The van der Waals surface area contributed by atoms with Crippen LogP contribution in [-0.4, -0.2) is 26.3 Å². The van der Waals surface area contributed by atoms with Gasteiger partial charge in [-0.2, -0.15) is 0 Å². The van der Waals surface area contributed by atoms with Gasteiger partial charge in [-0.3, -0.25) is 10.1 Å². The van der Waals surface area contributed by atoms with Gasteiger partial charge in [0.15, 0.2) is 0 Å². The molecule has 0 aromatic heterocycles. The molecule has 1 amide bonds. The molecule has 8 heteroatoms. The second kappa shape index (κ2) is 9.59. The molecule has 0 fully saturated rings. The highest BCUT2D eigenvalue weighted by Gasteiger charge is 2.12. The number of amides is 1. The lowest BCUT2D eigenvalue weighted by molar-refractivity contribution is -0.140. The molecule has 26 heavy (non-hydrogen) atoms. The van der Waals surface area contributed by atoms with Crippen LogP contribution in [0.25, 0.3) is 0 Å². The molecule has 6 nitrogen and oxygen atoms in total. The van der Waals surface area contributed by atoms with Crippen LogP contribution in [-0.2, 0) is 20.7 Å². The van der Waals surface area contributed by atoms with E-state index in [9.17, 15) is 9.59 Å². The fraction of sp³-hybridized carbons (Fsp3) is 0.222. The molecule has 0 heterocycles. The van der Waals surface area contributed by atoms with E-state index in [0.29, 0.717) is 39.0 Å². The van der Waals surface area contributed by atoms with Crippen LogP contribution in [0, 0.1) is 0 Å². The van der Waals surface area contributed by atoms with E-state index in [0.717, 1.165) is 5.56 Å². The molecule has 2 aromatic carbocycles. The number of benzene rings is 2. The zero-order valence-electron chi connectivity index (χ0n) is 14.2. The van der Waals surface area contributed by atoms with Crippen molar-refractivity contribution in [3.05, 3.63) is 50.9 Å². The average Bonchev–Trinajstić information content (AvgIpc) is 2.63. The highest BCUT2D eigenvalue weighted by Crippen LogP contribution is 2.37. The summed E-state index contributed by atoms with van der Waals surface area (Å²) in [6, 6.07) is 10.9. The number of carbonyl (C=O) groups is 2. The van der Waals surface area contributed by atoms with E-state index in [1.807, 2.05) is 24.3 Å². The van der Waals surface area contributed by atoms with Crippen molar-refractivity contribution in [3.8, 4) is 11.5 Å². The molecule has 0 atom stereocenters. The third kappa shape index (κ3) is 5.74. The normalized spacial score (nSPS) is 10.2. The van der Waals surface area contributed by atoms with Crippen LogP contribution in [0.4, 0.5) is 10.5 Å². The number of hydrogen-bond acceptors (Lipinski definition) is 5. The second-order valence-corrected chi connectivity index (χ2v) is 6.91. The minimum absolute atomic E-state index is 0.235. The molecule has 0 unspecified atom stereocenters. The molecule has 0 aliphatic carbocycles. The van der Waals surface area contributed by atoms with Crippen LogP contribution in [0.3, 0.4) is 0 Å². The number of nitrogens with one attached hydrogen (secondary N) is 1. The van der Waals surface area contributed by atoms with Crippen molar-refractivity contribution in [2.75, 3.05) is 19.5 Å². The van der Waals surface area contributed by atoms with Gasteiger partial charge >= 0.3 is 12.1 Å². The Morgan fingerprint density at radius 2 is 1.58 bits per heavy atom. The Hall–Kier alpha value is -2.06. The quantitative estimate of drug-likeness (QED) is 0.561. The molecule has 2 aromatic rings. The lowest BCUT2D eigenvalue weighted by atomic mass is 10.1. The van der Waals surface area contributed by atoms with E-state index >= 15 is 0 Å². The van der Waals surface area contributed by atoms with E-state index in [1.165, 1.54) is 14.2 Å². The van der Waals surface area contributed by atoms with Crippen molar-refractivity contribution in [2.45, 2.75) is 12.8 Å². The highest BCUT2D eigenvalue weighted by molar-refractivity contribution is 9.11. The first kappa shape index (κ1) is 20.3. The van der Waals surface area contributed by atoms with Crippen molar-refractivity contribution in [1.29, 1.82) is 0 Å². The Bertz CT molecular complexity index is 770. The molecule has 0 bridgehead atoms. The van der Waals surface area contributed by atoms with Crippen LogP contribution in [0.5, 0.6) is 11.5 Å². The van der Waals surface area contributed by atoms with Gasteiger partial charge in [-0.1, -0.05) is 12.1 Å². The Balaban J connectivity index is 2.06. The van der Waals surface area contributed by atoms with E-state index < -0.39 is 6.09 Å². The van der Waals surface area contributed by atoms with Gasteiger partial charge in [0.25, 0.3) is 0 Å². The van der Waals surface area contributed by atoms with Crippen molar-refractivity contribution >= 4 is 49.6 Å².